The van der Waals surface area contributed by atoms with Crippen molar-refractivity contribution in [1.82, 2.24) is 5.32 Å². The van der Waals surface area contributed by atoms with Gasteiger partial charge in [-0.05, 0) is 32.2 Å². The Kier molecular flexibility index (Phi) is 5.88. The number of ether oxygens (including phenoxy) is 1. The van der Waals surface area contributed by atoms with Gasteiger partial charge in [0.05, 0.1) is 18.3 Å². The fourth-order valence-corrected chi connectivity index (χ4v) is 1.70. The van der Waals surface area contributed by atoms with Gasteiger partial charge in [-0.3, -0.25) is 0 Å². The first-order valence-corrected chi connectivity index (χ1v) is 5.98. The first-order valence-electron chi connectivity index (χ1n) is 5.98. The molecule has 0 aromatic heterocycles. The highest BCUT2D eigenvalue weighted by atomic mass is 19.1. The monoisotopic (exact) mass is 271 g/mol. The minimum absolute atomic E-state index is 0.0150. The lowest BCUT2D eigenvalue weighted by Crippen LogP contribution is -2.30. The smallest absolute Gasteiger partial charge is 0.338 e. The third kappa shape index (κ3) is 3.99. The molecule has 0 bridgehead atoms. The van der Waals surface area contributed by atoms with E-state index in [2.05, 4.69) is 5.32 Å². The number of hydrogen-bond donors (Lipinski definition) is 3. The molecular formula is C13H18FNO4. The predicted octanol–water partition coefficient (Wildman–Crippen LogP) is 0.616. The zero-order chi connectivity index (χ0) is 14.4. The maximum absolute atomic E-state index is 13.2. The zero-order valence-electron chi connectivity index (χ0n) is 10.9. The fraction of sp³-hybridized carbons (Fsp3) is 0.462. The molecule has 1 aromatic carbocycles. The van der Waals surface area contributed by atoms with Crippen molar-refractivity contribution in [2.45, 2.75) is 19.1 Å². The number of hydrogen-bond acceptors (Lipinski definition) is 5. The highest BCUT2D eigenvalue weighted by Crippen LogP contribution is 2.23. The molecule has 19 heavy (non-hydrogen) atoms. The number of carbonyl (C=O) groups excluding carboxylic acids is 1. The minimum atomic E-state index is -1.37. The SMILES string of the molecule is CCOC(=O)c1ccc(F)cc1C(O)C(O)CNC. The summed E-state index contributed by atoms with van der Waals surface area (Å²) in [7, 11) is 1.60. The Balaban J connectivity index is 3.09. The van der Waals surface area contributed by atoms with Gasteiger partial charge in [0.15, 0.2) is 0 Å². The van der Waals surface area contributed by atoms with Crippen LogP contribution in [0.4, 0.5) is 4.39 Å². The van der Waals surface area contributed by atoms with E-state index in [1.165, 1.54) is 6.07 Å². The average molecular weight is 271 g/mol. The molecule has 1 aromatic rings. The molecule has 0 heterocycles. The Morgan fingerprint density at radius 1 is 1.47 bits per heavy atom. The van der Waals surface area contributed by atoms with Gasteiger partial charge in [0.2, 0.25) is 0 Å². The number of rotatable bonds is 6. The molecule has 0 saturated carbocycles. The molecule has 2 unspecified atom stereocenters. The Bertz CT molecular complexity index is 439. The zero-order valence-corrected chi connectivity index (χ0v) is 10.9. The van der Waals surface area contributed by atoms with Crippen molar-refractivity contribution in [3.8, 4) is 0 Å². The van der Waals surface area contributed by atoms with Gasteiger partial charge < -0.3 is 20.3 Å². The Hall–Kier alpha value is -1.50. The van der Waals surface area contributed by atoms with Crippen LogP contribution in [0.2, 0.25) is 0 Å². The number of aliphatic hydroxyl groups excluding tert-OH is 2. The van der Waals surface area contributed by atoms with Crippen molar-refractivity contribution >= 4 is 5.97 Å². The van der Waals surface area contributed by atoms with E-state index in [-0.39, 0.29) is 24.3 Å². The van der Waals surface area contributed by atoms with E-state index < -0.39 is 24.0 Å². The van der Waals surface area contributed by atoms with Crippen LogP contribution >= 0.6 is 0 Å². The summed E-state index contributed by atoms with van der Waals surface area (Å²) in [6.07, 6.45) is -2.53. The summed E-state index contributed by atoms with van der Waals surface area (Å²) in [6, 6.07) is 3.36. The predicted molar refractivity (Wildman–Crippen MR) is 67.2 cm³/mol. The second-order valence-corrected chi connectivity index (χ2v) is 4.02. The van der Waals surface area contributed by atoms with Gasteiger partial charge in [-0.1, -0.05) is 0 Å². The molecule has 0 fully saturated rings. The van der Waals surface area contributed by atoms with Crippen LogP contribution in [0, 0.1) is 5.82 Å². The molecular weight excluding hydrogens is 253 g/mol. The third-order valence-corrected chi connectivity index (χ3v) is 2.61. The molecule has 106 valence electrons. The van der Waals surface area contributed by atoms with Crippen LogP contribution in [0.1, 0.15) is 28.9 Å². The van der Waals surface area contributed by atoms with Crippen molar-refractivity contribution in [2.75, 3.05) is 20.2 Å². The number of nitrogens with one attached hydrogen (secondary N) is 1. The maximum atomic E-state index is 13.2. The molecule has 0 radical (unpaired) electrons. The van der Waals surface area contributed by atoms with E-state index in [0.29, 0.717) is 0 Å². The van der Waals surface area contributed by atoms with Crippen LogP contribution < -0.4 is 5.32 Å². The van der Waals surface area contributed by atoms with Gasteiger partial charge in [-0.15, -0.1) is 0 Å². The van der Waals surface area contributed by atoms with Gasteiger partial charge in [0.25, 0.3) is 0 Å². The van der Waals surface area contributed by atoms with Crippen molar-refractivity contribution < 1.29 is 24.1 Å². The van der Waals surface area contributed by atoms with Crippen LogP contribution in [-0.4, -0.2) is 42.5 Å². The molecule has 6 heteroatoms. The van der Waals surface area contributed by atoms with Gasteiger partial charge in [-0.2, -0.15) is 0 Å². The first kappa shape index (κ1) is 15.6. The number of benzene rings is 1. The minimum Gasteiger partial charge on any atom is -0.462 e. The van der Waals surface area contributed by atoms with Crippen molar-refractivity contribution in [1.29, 1.82) is 0 Å². The molecule has 0 aliphatic carbocycles. The lowest BCUT2D eigenvalue weighted by atomic mass is 9.98. The molecule has 0 amide bonds. The molecule has 0 spiro atoms. The number of aliphatic hydroxyl groups is 2. The van der Waals surface area contributed by atoms with E-state index in [1.54, 1.807) is 14.0 Å². The van der Waals surface area contributed by atoms with Crippen LogP contribution in [0.25, 0.3) is 0 Å². The summed E-state index contributed by atoms with van der Waals surface area (Å²) in [4.78, 5) is 11.7. The van der Waals surface area contributed by atoms with Gasteiger partial charge in [-0.25, -0.2) is 9.18 Å². The lowest BCUT2D eigenvalue weighted by Gasteiger charge is -2.20. The van der Waals surface area contributed by atoms with Crippen LogP contribution in [0.3, 0.4) is 0 Å². The topological polar surface area (TPSA) is 78.8 Å². The van der Waals surface area contributed by atoms with Gasteiger partial charge in [0, 0.05) is 12.1 Å². The summed E-state index contributed by atoms with van der Waals surface area (Å²) in [5, 5.41) is 22.4. The summed E-state index contributed by atoms with van der Waals surface area (Å²) in [5.74, 6) is -1.26. The average Bonchev–Trinajstić information content (AvgIpc) is 2.38. The molecule has 5 nitrogen and oxygen atoms in total. The second kappa shape index (κ2) is 7.18. The Labute approximate surface area is 111 Å². The van der Waals surface area contributed by atoms with E-state index in [9.17, 15) is 19.4 Å². The highest BCUT2D eigenvalue weighted by molar-refractivity contribution is 5.91. The van der Waals surface area contributed by atoms with E-state index >= 15 is 0 Å². The van der Waals surface area contributed by atoms with E-state index in [4.69, 9.17) is 4.74 Å². The van der Waals surface area contributed by atoms with Crippen LogP contribution in [0.5, 0.6) is 0 Å². The molecule has 0 aliphatic heterocycles. The van der Waals surface area contributed by atoms with Crippen LogP contribution in [-0.2, 0) is 4.74 Å². The number of halogens is 1. The second-order valence-electron chi connectivity index (χ2n) is 4.02. The van der Waals surface area contributed by atoms with Gasteiger partial charge in [0.1, 0.15) is 11.9 Å². The highest BCUT2D eigenvalue weighted by Gasteiger charge is 2.24. The summed E-state index contributed by atoms with van der Waals surface area (Å²) in [6.45, 7) is 1.93. The van der Waals surface area contributed by atoms with E-state index in [1.807, 2.05) is 0 Å². The van der Waals surface area contributed by atoms with Crippen molar-refractivity contribution in [3.05, 3.63) is 35.1 Å². The molecule has 0 aliphatic rings. The number of esters is 1. The normalized spacial score (nSPS) is 13.9. The molecule has 1 rings (SSSR count). The number of carbonyl (C=O) groups is 1. The van der Waals surface area contributed by atoms with Crippen molar-refractivity contribution in [2.24, 2.45) is 0 Å². The molecule has 3 N–H and O–H groups in total. The third-order valence-electron chi connectivity index (χ3n) is 2.61. The molecule has 0 saturated heterocycles. The van der Waals surface area contributed by atoms with E-state index in [0.717, 1.165) is 12.1 Å². The van der Waals surface area contributed by atoms with Gasteiger partial charge >= 0.3 is 5.97 Å². The first-order chi connectivity index (χ1) is 9.01. The quantitative estimate of drug-likeness (QED) is 0.661. The maximum Gasteiger partial charge on any atom is 0.338 e. The number of likely N-dealkylation sites (N-methyl/N-ethyl adjacent to an activating group) is 1. The standard InChI is InChI=1S/C13H18FNO4/c1-3-19-13(18)9-5-4-8(14)6-10(9)12(17)11(16)7-15-2/h4-6,11-12,15-17H,3,7H2,1-2H3. The van der Waals surface area contributed by atoms with Crippen LogP contribution in [0.15, 0.2) is 18.2 Å². The molecule has 2 atom stereocenters. The van der Waals surface area contributed by atoms with Crippen molar-refractivity contribution in [3.63, 3.8) is 0 Å². The summed E-state index contributed by atoms with van der Waals surface area (Å²) < 4.78 is 18.1. The Morgan fingerprint density at radius 2 is 2.16 bits per heavy atom. The largest absolute Gasteiger partial charge is 0.462 e. The fourth-order valence-electron chi connectivity index (χ4n) is 1.70. The Morgan fingerprint density at radius 3 is 2.74 bits per heavy atom. The lowest BCUT2D eigenvalue weighted by molar-refractivity contribution is 0.0184. The summed E-state index contributed by atoms with van der Waals surface area (Å²) in [5.41, 5.74) is 0.0621. The summed E-state index contributed by atoms with van der Waals surface area (Å²) >= 11 is 0.